The maximum atomic E-state index is 13.8. The van der Waals surface area contributed by atoms with Crippen molar-refractivity contribution in [2.75, 3.05) is 18.6 Å². The van der Waals surface area contributed by atoms with Gasteiger partial charge >= 0.3 is 0 Å². The Balaban J connectivity index is 1.63. The summed E-state index contributed by atoms with van der Waals surface area (Å²) in [4.78, 5) is 28.6. The van der Waals surface area contributed by atoms with E-state index in [1.807, 2.05) is 38.1 Å². The molecule has 7 nitrogen and oxygen atoms in total. The Bertz CT molecular complexity index is 1500. The first-order valence-corrected chi connectivity index (χ1v) is 11.6. The summed E-state index contributed by atoms with van der Waals surface area (Å²) >= 11 is 0. The molecule has 182 valence electrons. The molecule has 0 spiro atoms. The van der Waals surface area contributed by atoms with Gasteiger partial charge in [-0.3, -0.25) is 14.5 Å². The Morgan fingerprint density at radius 3 is 2.50 bits per heavy atom. The molecule has 36 heavy (non-hydrogen) atoms. The molecule has 0 saturated heterocycles. The number of ketones is 1. The minimum atomic E-state index is -0.849. The molecule has 5 rings (SSSR count). The average Bonchev–Trinajstić information content (AvgIpc) is 3.43. The highest BCUT2D eigenvalue weighted by Crippen LogP contribution is 2.43. The van der Waals surface area contributed by atoms with Crippen LogP contribution >= 0.6 is 0 Å². The van der Waals surface area contributed by atoms with E-state index in [9.17, 15) is 14.7 Å². The molecule has 2 heterocycles. The molecule has 0 radical (unpaired) electrons. The fourth-order valence-electron chi connectivity index (χ4n) is 4.57. The van der Waals surface area contributed by atoms with Crippen molar-refractivity contribution < 1.29 is 28.6 Å². The van der Waals surface area contributed by atoms with Crippen molar-refractivity contribution in [3.8, 4) is 11.5 Å². The largest absolute Gasteiger partial charge is 0.503 e. The quantitative estimate of drug-likeness (QED) is 0.328. The summed E-state index contributed by atoms with van der Waals surface area (Å²) in [5.74, 6) is -0.687. The molecule has 1 amide bonds. The standard InChI is InChI=1S/C29H25NO6/c1-4-35-21-13-11-20(12-14-21)30-25(18-8-5-7-17(2)15-18)24(27(32)29(30)33)26(31)23-16-19-9-6-10-22(34-3)28(19)36-23/h5-16,25,32H,4H2,1-3H3. The lowest BCUT2D eigenvalue weighted by Crippen LogP contribution is -2.31. The molecule has 0 saturated carbocycles. The maximum Gasteiger partial charge on any atom is 0.294 e. The van der Waals surface area contributed by atoms with Crippen LogP contribution < -0.4 is 14.4 Å². The number of aryl methyl sites for hydroxylation is 1. The summed E-state index contributed by atoms with van der Waals surface area (Å²) in [5, 5.41) is 11.7. The fourth-order valence-corrected chi connectivity index (χ4v) is 4.57. The second kappa shape index (κ2) is 9.26. The van der Waals surface area contributed by atoms with Gasteiger partial charge in [0.05, 0.1) is 25.3 Å². The second-order valence-corrected chi connectivity index (χ2v) is 8.50. The lowest BCUT2D eigenvalue weighted by Gasteiger charge is -2.27. The molecule has 1 aliphatic heterocycles. The predicted octanol–water partition coefficient (Wildman–Crippen LogP) is 5.93. The third-order valence-corrected chi connectivity index (χ3v) is 6.19. The Labute approximate surface area is 208 Å². The number of fused-ring (bicyclic) bond motifs is 1. The second-order valence-electron chi connectivity index (χ2n) is 8.50. The molecule has 4 aromatic rings. The van der Waals surface area contributed by atoms with E-state index in [1.54, 1.807) is 48.5 Å². The average molecular weight is 484 g/mol. The van der Waals surface area contributed by atoms with Crippen molar-refractivity contribution >= 4 is 28.3 Å². The molecule has 0 fully saturated rings. The summed E-state index contributed by atoms with van der Waals surface area (Å²) in [6.45, 7) is 4.33. The highest BCUT2D eigenvalue weighted by molar-refractivity contribution is 6.20. The number of rotatable bonds is 7. The minimum absolute atomic E-state index is 0.00930. The van der Waals surface area contributed by atoms with E-state index < -0.39 is 23.5 Å². The summed E-state index contributed by atoms with van der Waals surface area (Å²) in [6.07, 6.45) is 0. The molecule has 1 aromatic heterocycles. The van der Waals surface area contributed by atoms with Gasteiger partial charge in [-0.1, -0.05) is 42.0 Å². The Hall–Kier alpha value is -4.52. The van der Waals surface area contributed by atoms with Crippen molar-refractivity contribution in [3.63, 3.8) is 0 Å². The van der Waals surface area contributed by atoms with Crippen molar-refractivity contribution in [3.05, 3.63) is 101 Å². The molecule has 1 aliphatic rings. The number of hydrogen-bond acceptors (Lipinski definition) is 6. The summed E-state index contributed by atoms with van der Waals surface area (Å²) < 4.78 is 16.7. The molecular formula is C29H25NO6. The number of amides is 1. The van der Waals surface area contributed by atoms with Gasteiger partial charge in [0.1, 0.15) is 5.75 Å². The minimum Gasteiger partial charge on any atom is -0.503 e. The van der Waals surface area contributed by atoms with E-state index in [4.69, 9.17) is 13.9 Å². The first-order valence-electron chi connectivity index (χ1n) is 11.6. The van der Waals surface area contributed by atoms with E-state index in [-0.39, 0.29) is 11.3 Å². The number of Topliss-reactive ketones (excluding diaryl/α,β-unsaturated/α-hetero) is 1. The fraction of sp³-hybridized carbons (Fsp3) is 0.172. The molecule has 7 heteroatoms. The van der Waals surface area contributed by atoms with Crippen LogP contribution in [0.15, 0.2) is 88.5 Å². The van der Waals surface area contributed by atoms with Crippen LogP contribution in [0.1, 0.15) is 34.6 Å². The number of para-hydroxylation sites is 1. The number of furan rings is 1. The zero-order valence-electron chi connectivity index (χ0n) is 20.1. The van der Waals surface area contributed by atoms with Gasteiger partial charge < -0.3 is 19.0 Å². The van der Waals surface area contributed by atoms with Gasteiger partial charge in [0.15, 0.2) is 22.9 Å². The van der Waals surface area contributed by atoms with Gasteiger partial charge in [-0.05, 0) is 55.8 Å². The highest BCUT2D eigenvalue weighted by Gasteiger charge is 2.45. The number of methoxy groups -OCH3 is 1. The molecule has 1 N–H and O–H groups in total. The maximum absolute atomic E-state index is 13.8. The van der Waals surface area contributed by atoms with Crippen molar-refractivity contribution in [2.24, 2.45) is 0 Å². The van der Waals surface area contributed by atoms with Crippen LogP contribution in [0, 0.1) is 6.92 Å². The van der Waals surface area contributed by atoms with Crippen molar-refractivity contribution in [1.29, 1.82) is 0 Å². The van der Waals surface area contributed by atoms with Gasteiger partial charge in [-0.15, -0.1) is 0 Å². The van der Waals surface area contributed by atoms with Crippen LogP contribution in [0.2, 0.25) is 0 Å². The van der Waals surface area contributed by atoms with Gasteiger partial charge in [0.2, 0.25) is 5.78 Å². The zero-order valence-corrected chi connectivity index (χ0v) is 20.1. The van der Waals surface area contributed by atoms with Crippen LogP contribution in [-0.2, 0) is 4.79 Å². The molecule has 0 bridgehead atoms. The number of nitrogens with zero attached hydrogens (tertiary/aromatic N) is 1. The number of ether oxygens (including phenoxy) is 2. The third kappa shape index (κ3) is 3.88. The van der Waals surface area contributed by atoms with Crippen LogP contribution in [0.3, 0.4) is 0 Å². The van der Waals surface area contributed by atoms with E-state index in [1.165, 1.54) is 12.0 Å². The third-order valence-electron chi connectivity index (χ3n) is 6.19. The van der Waals surface area contributed by atoms with E-state index in [2.05, 4.69) is 0 Å². The molecule has 3 aromatic carbocycles. The van der Waals surface area contributed by atoms with Crippen LogP contribution in [0.25, 0.3) is 11.0 Å². The number of anilines is 1. The molecule has 0 aliphatic carbocycles. The van der Waals surface area contributed by atoms with E-state index in [0.717, 1.165) is 5.56 Å². The van der Waals surface area contributed by atoms with Crippen molar-refractivity contribution in [2.45, 2.75) is 19.9 Å². The topological polar surface area (TPSA) is 89.2 Å². The first kappa shape index (κ1) is 23.2. The lowest BCUT2D eigenvalue weighted by atomic mass is 9.94. The van der Waals surface area contributed by atoms with Gasteiger partial charge in [0, 0.05) is 11.1 Å². The Kier molecular flexibility index (Phi) is 5.98. The van der Waals surface area contributed by atoms with Gasteiger partial charge in [-0.25, -0.2) is 0 Å². The number of benzene rings is 3. The van der Waals surface area contributed by atoms with Gasteiger partial charge in [-0.2, -0.15) is 0 Å². The van der Waals surface area contributed by atoms with E-state index >= 15 is 0 Å². The summed E-state index contributed by atoms with van der Waals surface area (Å²) in [6, 6.07) is 20.6. The Morgan fingerprint density at radius 2 is 1.81 bits per heavy atom. The monoisotopic (exact) mass is 483 g/mol. The highest BCUT2D eigenvalue weighted by atomic mass is 16.5. The van der Waals surface area contributed by atoms with E-state index in [0.29, 0.717) is 40.3 Å². The smallest absolute Gasteiger partial charge is 0.294 e. The summed E-state index contributed by atoms with van der Waals surface area (Å²) in [5.41, 5.74) is 2.55. The van der Waals surface area contributed by atoms with Crippen molar-refractivity contribution in [1.82, 2.24) is 0 Å². The van der Waals surface area contributed by atoms with Crippen LogP contribution in [0.5, 0.6) is 11.5 Å². The number of aliphatic hydroxyl groups excluding tert-OH is 1. The SMILES string of the molecule is CCOc1ccc(N2C(=O)C(O)=C(C(=O)c3cc4cccc(OC)c4o3)C2c2cccc(C)c2)cc1. The molecular weight excluding hydrogens is 458 g/mol. The predicted molar refractivity (Wildman–Crippen MR) is 136 cm³/mol. The molecule has 1 unspecified atom stereocenters. The number of carbonyl (C=O) groups is 2. The number of aliphatic hydroxyl groups is 1. The lowest BCUT2D eigenvalue weighted by molar-refractivity contribution is -0.117. The van der Waals surface area contributed by atoms with Gasteiger partial charge in [0.25, 0.3) is 5.91 Å². The molecule has 1 atom stereocenters. The normalized spacial score (nSPS) is 15.6. The zero-order chi connectivity index (χ0) is 25.4. The number of hydrogen-bond donors (Lipinski definition) is 1. The summed E-state index contributed by atoms with van der Waals surface area (Å²) in [7, 11) is 1.52. The van der Waals surface area contributed by atoms with Crippen LogP contribution in [0.4, 0.5) is 5.69 Å². The number of carbonyl (C=O) groups excluding carboxylic acids is 2. The first-order chi connectivity index (χ1) is 17.4. The van der Waals surface area contributed by atoms with Crippen LogP contribution in [-0.4, -0.2) is 30.5 Å². The Morgan fingerprint density at radius 1 is 1.06 bits per heavy atom.